The zero-order valence-corrected chi connectivity index (χ0v) is 10.8. The van der Waals surface area contributed by atoms with Crippen LogP contribution in [0.2, 0.25) is 0 Å². The molecule has 0 spiro atoms. The first kappa shape index (κ1) is 12.5. The second-order valence-corrected chi connectivity index (χ2v) is 4.13. The normalized spacial score (nSPS) is 10.4. The van der Waals surface area contributed by atoms with Crippen molar-refractivity contribution >= 4 is 5.82 Å². The largest absolute Gasteiger partial charge is 0.370 e. The Hall–Kier alpha value is -1.97. The van der Waals surface area contributed by atoms with Gasteiger partial charge in [0.15, 0.2) is 0 Å². The molecule has 0 unspecified atom stereocenters. The minimum Gasteiger partial charge on any atom is -0.370 e. The average Bonchev–Trinajstić information content (AvgIpc) is 2.35. The fraction of sp³-hybridized carbons (Fsp3) is 0.286. The van der Waals surface area contributed by atoms with Crippen molar-refractivity contribution in [1.82, 2.24) is 9.97 Å². The van der Waals surface area contributed by atoms with Crippen LogP contribution in [0.25, 0.3) is 11.3 Å². The molecule has 18 heavy (non-hydrogen) atoms. The number of halogens is 1. The summed E-state index contributed by atoms with van der Waals surface area (Å²) in [6, 6.07) is 6.36. The summed E-state index contributed by atoms with van der Waals surface area (Å²) in [7, 11) is 0. The van der Waals surface area contributed by atoms with Crippen molar-refractivity contribution in [2.45, 2.75) is 20.8 Å². The summed E-state index contributed by atoms with van der Waals surface area (Å²) in [6.07, 6.45) is 0. The van der Waals surface area contributed by atoms with Gasteiger partial charge in [-0.05, 0) is 45.0 Å². The van der Waals surface area contributed by atoms with Crippen LogP contribution in [0.15, 0.2) is 24.3 Å². The van der Waals surface area contributed by atoms with Gasteiger partial charge in [0.1, 0.15) is 17.5 Å². The van der Waals surface area contributed by atoms with Crippen molar-refractivity contribution in [3.05, 3.63) is 41.5 Å². The highest BCUT2D eigenvalue weighted by Crippen LogP contribution is 2.25. The number of nitrogens with one attached hydrogen (secondary N) is 1. The van der Waals surface area contributed by atoms with E-state index in [4.69, 9.17) is 0 Å². The molecule has 0 amide bonds. The van der Waals surface area contributed by atoms with Crippen molar-refractivity contribution in [2.24, 2.45) is 0 Å². The van der Waals surface area contributed by atoms with E-state index in [2.05, 4.69) is 15.3 Å². The van der Waals surface area contributed by atoms with Crippen LogP contribution in [0.4, 0.5) is 10.2 Å². The molecule has 1 aromatic carbocycles. The number of benzene rings is 1. The van der Waals surface area contributed by atoms with E-state index in [9.17, 15) is 4.39 Å². The third kappa shape index (κ3) is 2.47. The summed E-state index contributed by atoms with van der Waals surface area (Å²) in [5.41, 5.74) is 2.73. The number of aryl methyl sites for hydroxylation is 1. The van der Waals surface area contributed by atoms with Crippen molar-refractivity contribution in [3.8, 4) is 11.3 Å². The number of rotatable bonds is 3. The van der Waals surface area contributed by atoms with Crippen molar-refractivity contribution < 1.29 is 4.39 Å². The summed E-state index contributed by atoms with van der Waals surface area (Å²) >= 11 is 0. The number of anilines is 1. The molecule has 0 aliphatic carbocycles. The molecule has 0 saturated heterocycles. The lowest BCUT2D eigenvalue weighted by Gasteiger charge is -2.12. The highest BCUT2D eigenvalue weighted by atomic mass is 19.1. The Kier molecular flexibility index (Phi) is 3.55. The maximum Gasteiger partial charge on any atom is 0.133 e. The predicted octanol–water partition coefficient (Wildman–Crippen LogP) is 3.33. The lowest BCUT2D eigenvalue weighted by Crippen LogP contribution is -2.06. The van der Waals surface area contributed by atoms with Gasteiger partial charge >= 0.3 is 0 Å². The van der Waals surface area contributed by atoms with Crippen LogP contribution in [0.5, 0.6) is 0 Å². The third-order valence-corrected chi connectivity index (χ3v) is 2.72. The minimum absolute atomic E-state index is 0.242. The van der Waals surface area contributed by atoms with E-state index in [1.807, 2.05) is 20.8 Å². The number of nitrogens with zero attached hydrogens (tertiary/aromatic N) is 2. The van der Waals surface area contributed by atoms with E-state index in [1.54, 1.807) is 12.1 Å². The summed E-state index contributed by atoms with van der Waals surface area (Å²) in [5.74, 6) is 1.30. The maximum absolute atomic E-state index is 12.9. The molecule has 3 nitrogen and oxygen atoms in total. The van der Waals surface area contributed by atoms with E-state index in [0.29, 0.717) is 5.82 Å². The van der Waals surface area contributed by atoms with Crippen LogP contribution in [0, 0.1) is 19.7 Å². The van der Waals surface area contributed by atoms with E-state index in [-0.39, 0.29) is 5.82 Å². The fourth-order valence-corrected chi connectivity index (χ4v) is 1.86. The number of aromatic nitrogens is 2. The first-order valence-corrected chi connectivity index (χ1v) is 5.97. The lowest BCUT2D eigenvalue weighted by molar-refractivity contribution is 0.628. The molecular formula is C14H16FN3. The molecule has 1 aromatic heterocycles. The van der Waals surface area contributed by atoms with E-state index in [0.717, 1.165) is 29.2 Å². The van der Waals surface area contributed by atoms with Crippen LogP contribution in [0.1, 0.15) is 18.3 Å². The summed E-state index contributed by atoms with van der Waals surface area (Å²) in [6.45, 7) is 6.65. The Morgan fingerprint density at radius 3 is 2.39 bits per heavy atom. The molecule has 0 aliphatic heterocycles. The standard InChI is InChI=1S/C14H16FN3/c1-4-16-14-9(2)13(17-10(3)18-14)11-5-7-12(15)8-6-11/h5-8H,4H2,1-3H3,(H,16,17,18). The van der Waals surface area contributed by atoms with Gasteiger partial charge in [-0.1, -0.05) is 0 Å². The third-order valence-electron chi connectivity index (χ3n) is 2.72. The fourth-order valence-electron chi connectivity index (χ4n) is 1.86. The van der Waals surface area contributed by atoms with Gasteiger partial charge in [-0.2, -0.15) is 0 Å². The molecular weight excluding hydrogens is 229 g/mol. The molecule has 0 atom stereocenters. The van der Waals surface area contributed by atoms with Crippen LogP contribution < -0.4 is 5.32 Å². The topological polar surface area (TPSA) is 37.8 Å². The number of hydrogen-bond acceptors (Lipinski definition) is 3. The lowest BCUT2D eigenvalue weighted by atomic mass is 10.1. The Labute approximate surface area is 106 Å². The van der Waals surface area contributed by atoms with Gasteiger partial charge in [0.25, 0.3) is 0 Å². The highest BCUT2D eigenvalue weighted by Gasteiger charge is 2.10. The van der Waals surface area contributed by atoms with Gasteiger partial charge < -0.3 is 5.32 Å². The molecule has 1 N–H and O–H groups in total. The highest BCUT2D eigenvalue weighted by molar-refractivity contribution is 5.68. The van der Waals surface area contributed by atoms with Gasteiger partial charge in [0.05, 0.1) is 5.69 Å². The van der Waals surface area contributed by atoms with Crippen LogP contribution >= 0.6 is 0 Å². The minimum atomic E-state index is -0.242. The quantitative estimate of drug-likeness (QED) is 0.901. The molecule has 0 fully saturated rings. The van der Waals surface area contributed by atoms with Gasteiger partial charge in [-0.25, -0.2) is 14.4 Å². The molecule has 0 radical (unpaired) electrons. The molecule has 0 aliphatic rings. The summed E-state index contributed by atoms with van der Waals surface area (Å²) in [4.78, 5) is 8.81. The molecule has 4 heteroatoms. The second-order valence-electron chi connectivity index (χ2n) is 4.13. The van der Waals surface area contributed by atoms with Crippen molar-refractivity contribution in [3.63, 3.8) is 0 Å². The molecule has 0 saturated carbocycles. The monoisotopic (exact) mass is 245 g/mol. The van der Waals surface area contributed by atoms with E-state index in [1.165, 1.54) is 12.1 Å². The summed E-state index contributed by atoms with van der Waals surface area (Å²) in [5, 5.41) is 3.21. The Morgan fingerprint density at radius 1 is 1.11 bits per heavy atom. The van der Waals surface area contributed by atoms with Crippen LogP contribution in [-0.4, -0.2) is 16.5 Å². The van der Waals surface area contributed by atoms with Gasteiger partial charge in [0, 0.05) is 17.7 Å². The SMILES string of the molecule is CCNc1nc(C)nc(-c2ccc(F)cc2)c1C. The molecule has 2 aromatic rings. The smallest absolute Gasteiger partial charge is 0.133 e. The Balaban J connectivity index is 2.53. The molecule has 1 heterocycles. The average molecular weight is 245 g/mol. The predicted molar refractivity (Wildman–Crippen MR) is 71.1 cm³/mol. The van der Waals surface area contributed by atoms with Crippen molar-refractivity contribution in [1.29, 1.82) is 0 Å². The van der Waals surface area contributed by atoms with Crippen LogP contribution in [-0.2, 0) is 0 Å². The second kappa shape index (κ2) is 5.12. The Morgan fingerprint density at radius 2 is 1.78 bits per heavy atom. The van der Waals surface area contributed by atoms with Crippen molar-refractivity contribution in [2.75, 3.05) is 11.9 Å². The zero-order chi connectivity index (χ0) is 13.1. The molecule has 94 valence electrons. The molecule has 2 rings (SSSR count). The van der Waals surface area contributed by atoms with E-state index >= 15 is 0 Å². The van der Waals surface area contributed by atoms with Gasteiger partial charge in [-0.15, -0.1) is 0 Å². The van der Waals surface area contributed by atoms with E-state index < -0.39 is 0 Å². The van der Waals surface area contributed by atoms with Crippen LogP contribution in [0.3, 0.4) is 0 Å². The number of hydrogen-bond donors (Lipinski definition) is 1. The zero-order valence-electron chi connectivity index (χ0n) is 10.8. The Bertz CT molecular complexity index is 550. The first-order chi connectivity index (χ1) is 8.61. The molecule has 0 bridgehead atoms. The first-order valence-electron chi connectivity index (χ1n) is 5.97. The summed E-state index contributed by atoms with van der Waals surface area (Å²) < 4.78 is 12.9. The van der Waals surface area contributed by atoms with Gasteiger partial charge in [-0.3, -0.25) is 0 Å². The maximum atomic E-state index is 12.9. The van der Waals surface area contributed by atoms with Gasteiger partial charge in [0.2, 0.25) is 0 Å².